The van der Waals surface area contributed by atoms with Gasteiger partial charge in [-0.25, -0.2) is 0 Å². The van der Waals surface area contributed by atoms with E-state index in [0.717, 1.165) is 40.4 Å². The van der Waals surface area contributed by atoms with Gasteiger partial charge in [-0.3, -0.25) is 0 Å². The Balaban J connectivity index is 1.44. The highest BCUT2D eigenvalue weighted by Gasteiger charge is 2.15. The van der Waals surface area contributed by atoms with E-state index in [1.54, 1.807) is 0 Å². The molecule has 0 fully saturated rings. The molecule has 0 aliphatic heterocycles. The van der Waals surface area contributed by atoms with Crippen LogP contribution < -0.4 is 20.9 Å². The van der Waals surface area contributed by atoms with Crippen molar-refractivity contribution in [2.75, 3.05) is 11.5 Å². The number of nitrogens with two attached hydrogens (primary N) is 2. The standard InChI is InChI=1S/C29H30N2O2/c1-21(27-7-3-5-9-29(27)33-20-23-12-16-26(31)17-13-23)18-24-6-2-4-8-28(24)32-19-22-10-14-25(30)15-11-22/h2-17,21H,18-20,30-31H2,1H3. The molecule has 1 atom stereocenters. The van der Waals surface area contributed by atoms with Crippen molar-refractivity contribution in [1.29, 1.82) is 0 Å². The summed E-state index contributed by atoms with van der Waals surface area (Å²) in [6.07, 6.45) is 0.847. The maximum atomic E-state index is 6.18. The highest BCUT2D eigenvalue weighted by molar-refractivity contribution is 5.42. The highest BCUT2D eigenvalue weighted by Crippen LogP contribution is 2.32. The lowest BCUT2D eigenvalue weighted by atomic mass is 9.92. The Morgan fingerprint density at radius 1 is 0.606 bits per heavy atom. The van der Waals surface area contributed by atoms with Crippen molar-refractivity contribution in [2.45, 2.75) is 32.5 Å². The maximum Gasteiger partial charge on any atom is 0.123 e. The Hall–Kier alpha value is -3.92. The van der Waals surface area contributed by atoms with E-state index in [-0.39, 0.29) is 5.92 Å². The molecule has 0 bridgehead atoms. The van der Waals surface area contributed by atoms with E-state index >= 15 is 0 Å². The number of para-hydroxylation sites is 2. The van der Waals surface area contributed by atoms with Crippen molar-refractivity contribution in [1.82, 2.24) is 0 Å². The second-order valence-electron chi connectivity index (χ2n) is 8.31. The second kappa shape index (κ2) is 10.6. The average molecular weight is 439 g/mol. The minimum Gasteiger partial charge on any atom is -0.489 e. The minimum atomic E-state index is 0.258. The molecule has 4 rings (SSSR count). The van der Waals surface area contributed by atoms with Gasteiger partial charge in [0.1, 0.15) is 24.7 Å². The molecule has 0 amide bonds. The first-order valence-corrected chi connectivity index (χ1v) is 11.2. The number of ether oxygens (including phenoxy) is 2. The van der Waals surface area contributed by atoms with E-state index in [1.165, 1.54) is 11.1 Å². The van der Waals surface area contributed by atoms with Gasteiger partial charge in [0.25, 0.3) is 0 Å². The molecule has 4 N–H and O–H groups in total. The van der Waals surface area contributed by atoms with E-state index < -0.39 is 0 Å². The van der Waals surface area contributed by atoms with Gasteiger partial charge >= 0.3 is 0 Å². The van der Waals surface area contributed by atoms with Gasteiger partial charge in [-0.15, -0.1) is 0 Å². The van der Waals surface area contributed by atoms with Crippen LogP contribution in [0.2, 0.25) is 0 Å². The minimum absolute atomic E-state index is 0.258. The first-order chi connectivity index (χ1) is 16.1. The van der Waals surface area contributed by atoms with Gasteiger partial charge in [-0.1, -0.05) is 67.6 Å². The van der Waals surface area contributed by atoms with Gasteiger partial charge < -0.3 is 20.9 Å². The Kier molecular flexibility index (Phi) is 7.16. The predicted octanol–water partition coefficient (Wildman–Crippen LogP) is 6.36. The molecule has 0 heterocycles. The first-order valence-electron chi connectivity index (χ1n) is 11.2. The third kappa shape index (κ3) is 6.07. The fourth-order valence-corrected chi connectivity index (χ4v) is 3.82. The molecule has 0 aliphatic carbocycles. The molecular formula is C29H30N2O2. The molecule has 1 unspecified atom stereocenters. The lowest BCUT2D eigenvalue weighted by Gasteiger charge is -2.19. The third-order valence-electron chi connectivity index (χ3n) is 5.70. The van der Waals surface area contributed by atoms with Crippen LogP contribution in [-0.2, 0) is 19.6 Å². The average Bonchev–Trinajstić information content (AvgIpc) is 2.84. The lowest BCUT2D eigenvalue weighted by molar-refractivity contribution is 0.298. The summed E-state index contributed by atoms with van der Waals surface area (Å²) in [6, 6.07) is 32.0. The molecule has 4 aromatic rings. The van der Waals surface area contributed by atoms with Crippen molar-refractivity contribution < 1.29 is 9.47 Å². The van der Waals surface area contributed by atoms with E-state index in [0.29, 0.717) is 13.2 Å². The summed E-state index contributed by atoms with van der Waals surface area (Å²) in [7, 11) is 0. The molecule has 0 saturated heterocycles. The first kappa shape index (κ1) is 22.3. The third-order valence-corrected chi connectivity index (χ3v) is 5.70. The predicted molar refractivity (Wildman–Crippen MR) is 135 cm³/mol. The zero-order chi connectivity index (χ0) is 23.0. The van der Waals surface area contributed by atoms with Crippen LogP contribution in [0.4, 0.5) is 11.4 Å². The molecule has 4 nitrogen and oxygen atoms in total. The number of rotatable bonds is 9. The number of hydrogen-bond acceptors (Lipinski definition) is 4. The quantitative estimate of drug-likeness (QED) is 0.299. The second-order valence-corrected chi connectivity index (χ2v) is 8.31. The summed E-state index contributed by atoms with van der Waals surface area (Å²) in [5.41, 5.74) is 17.6. The molecule has 0 saturated carbocycles. The molecule has 0 radical (unpaired) electrons. The van der Waals surface area contributed by atoms with Crippen LogP contribution in [-0.4, -0.2) is 0 Å². The summed E-state index contributed by atoms with van der Waals surface area (Å²) in [5, 5.41) is 0. The van der Waals surface area contributed by atoms with E-state index in [9.17, 15) is 0 Å². The lowest BCUT2D eigenvalue weighted by Crippen LogP contribution is -2.05. The van der Waals surface area contributed by atoms with Gasteiger partial charge in [0.2, 0.25) is 0 Å². The van der Waals surface area contributed by atoms with Crippen molar-refractivity contribution in [2.24, 2.45) is 0 Å². The number of hydrogen-bond donors (Lipinski definition) is 2. The Morgan fingerprint density at radius 3 is 1.70 bits per heavy atom. The summed E-state index contributed by atoms with van der Waals surface area (Å²) >= 11 is 0. The van der Waals surface area contributed by atoms with E-state index in [2.05, 4.69) is 31.2 Å². The molecule has 4 heteroatoms. The molecule has 0 aromatic heterocycles. The zero-order valence-electron chi connectivity index (χ0n) is 18.9. The molecule has 0 aliphatic rings. The normalized spacial score (nSPS) is 11.7. The highest BCUT2D eigenvalue weighted by atomic mass is 16.5. The molecule has 168 valence electrons. The topological polar surface area (TPSA) is 70.5 Å². The van der Waals surface area contributed by atoms with E-state index in [4.69, 9.17) is 20.9 Å². The van der Waals surface area contributed by atoms with E-state index in [1.807, 2.05) is 72.8 Å². The van der Waals surface area contributed by atoms with Crippen LogP contribution in [0.3, 0.4) is 0 Å². The molecular weight excluding hydrogens is 408 g/mol. The molecule has 33 heavy (non-hydrogen) atoms. The summed E-state index contributed by atoms with van der Waals surface area (Å²) in [4.78, 5) is 0. The number of nitrogen functional groups attached to an aromatic ring is 2. The fourth-order valence-electron chi connectivity index (χ4n) is 3.82. The largest absolute Gasteiger partial charge is 0.489 e. The SMILES string of the molecule is CC(Cc1ccccc1OCc1ccc(N)cc1)c1ccccc1OCc1ccc(N)cc1. The van der Waals surface area contributed by atoms with Crippen molar-refractivity contribution in [3.63, 3.8) is 0 Å². The van der Waals surface area contributed by atoms with Gasteiger partial charge in [-0.2, -0.15) is 0 Å². The summed E-state index contributed by atoms with van der Waals surface area (Å²) in [6.45, 7) is 3.24. The van der Waals surface area contributed by atoms with Crippen LogP contribution in [0.15, 0.2) is 97.1 Å². The van der Waals surface area contributed by atoms with Gasteiger partial charge in [0, 0.05) is 11.4 Å². The molecule has 4 aromatic carbocycles. The molecule has 0 spiro atoms. The number of anilines is 2. The van der Waals surface area contributed by atoms with Gasteiger partial charge in [0.15, 0.2) is 0 Å². The maximum absolute atomic E-state index is 6.18. The van der Waals surface area contributed by atoms with Crippen LogP contribution >= 0.6 is 0 Å². The van der Waals surface area contributed by atoms with Crippen LogP contribution in [0.25, 0.3) is 0 Å². The van der Waals surface area contributed by atoms with Gasteiger partial charge in [-0.05, 0) is 71.0 Å². The smallest absolute Gasteiger partial charge is 0.123 e. The Morgan fingerprint density at radius 2 is 1.09 bits per heavy atom. The Bertz CT molecular complexity index is 1170. The van der Waals surface area contributed by atoms with Crippen molar-refractivity contribution in [3.05, 3.63) is 119 Å². The van der Waals surface area contributed by atoms with Crippen LogP contribution in [0, 0.1) is 0 Å². The van der Waals surface area contributed by atoms with Crippen molar-refractivity contribution in [3.8, 4) is 11.5 Å². The van der Waals surface area contributed by atoms with Gasteiger partial charge in [0.05, 0.1) is 0 Å². The number of benzene rings is 4. The fraction of sp³-hybridized carbons (Fsp3) is 0.172. The summed E-state index contributed by atoms with van der Waals surface area (Å²) in [5.74, 6) is 2.07. The van der Waals surface area contributed by atoms with Crippen LogP contribution in [0.5, 0.6) is 11.5 Å². The Labute approximate surface area is 195 Å². The summed E-state index contributed by atoms with van der Waals surface area (Å²) < 4.78 is 12.3. The van der Waals surface area contributed by atoms with Crippen molar-refractivity contribution >= 4 is 11.4 Å². The zero-order valence-corrected chi connectivity index (χ0v) is 18.9. The monoisotopic (exact) mass is 438 g/mol. The van der Waals surface area contributed by atoms with Crippen LogP contribution in [0.1, 0.15) is 35.1 Å².